The van der Waals surface area contributed by atoms with E-state index in [0.29, 0.717) is 16.7 Å². The number of nitrogens with one attached hydrogen (secondary N) is 1. The van der Waals surface area contributed by atoms with Crippen molar-refractivity contribution in [3.8, 4) is 0 Å². The molecule has 0 saturated heterocycles. The van der Waals surface area contributed by atoms with Gasteiger partial charge in [0.1, 0.15) is 5.69 Å². The second kappa shape index (κ2) is 6.37. The Balaban J connectivity index is 2.18. The number of hydrogen-bond acceptors (Lipinski definition) is 3. The summed E-state index contributed by atoms with van der Waals surface area (Å²) in [6.07, 6.45) is 0. The number of halogens is 2. The minimum Gasteiger partial charge on any atom is -0.375 e. The highest BCUT2D eigenvalue weighted by Gasteiger charge is 2.13. The molecular weight excluding hydrogens is 388 g/mol. The molecule has 2 aromatic rings. The van der Waals surface area contributed by atoms with Crippen LogP contribution in [-0.2, 0) is 6.54 Å². The van der Waals surface area contributed by atoms with E-state index in [4.69, 9.17) is 0 Å². The lowest BCUT2D eigenvalue weighted by atomic mass is 10.1. The third-order valence-corrected chi connectivity index (χ3v) is 4.24. The van der Waals surface area contributed by atoms with Gasteiger partial charge in [0.2, 0.25) is 0 Å². The average Bonchev–Trinajstić information content (AvgIpc) is 2.41. The molecule has 104 valence electrons. The standard InChI is InChI=1S/C14H12Br2N2O2/c1-9-6-10(2-4-12(9)16)8-17-13-5-3-11(15)7-14(13)18(19)20/h2-7,17H,8H2,1H3. The molecule has 0 atom stereocenters. The third kappa shape index (κ3) is 3.58. The Kier molecular flexibility index (Phi) is 4.77. The summed E-state index contributed by atoms with van der Waals surface area (Å²) in [6, 6.07) is 11.0. The summed E-state index contributed by atoms with van der Waals surface area (Å²) in [5.74, 6) is 0. The van der Waals surface area contributed by atoms with Crippen molar-refractivity contribution in [1.29, 1.82) is 0 Å². The molecule has 0 amide bonds. The van der Waals surface area contributed by atoms with Crippen LogP contribution in [0.5, 0.6) is 0 Å². The fraction of sp³-hybridized carbons (Fsp3) is 0.143. The van der Waals surface area contributed by atoms with Crippen LogP contribution in [0.3, 0.4) is 0 Å². The Labute approximate surface area is 133 Å². The summed E-state index contributed by atoms with van der Waals surface area (Å²) >= 11 is 6.69. The molecule has 0 aromatic heterocycles. The van der Waals surface area contributed by atoms with Crippen molar-refractivity contribution in [3.63, 3.8) is 0 Å². The first-order valence-corrected chi connectivity index (χ1v) is 7.49. The zero-order valence-electron chi connectivity index (χ0n) is 10.7. The van der Waals surface area contributed by atoms with E-state index >= 15 is 0 Å². The van der Waals surface area contributed by atoms with Crippen LogP contribution in [0, 0.1) is 17.0 Å². The van der Waals surface area contributed by atoms with Gasteiger partial charge in [0.05, 0.1) is 4.92 Å². The smallest absolute Gasteiger partial charge is 0.293 e. The van der Waals surface area contributed by atoms with Crippen molar-refractivity contribution < 1.29 is 4.92 Å². The van der Waals surface area contributed by atoms with Gasteiger partial charge in [0.25, 0.3) is 5.69 Å². The third-order valence-electron chi connectivity index (χ3n) is 2.86. The maximum absolute atomic E-state index is 11.0. The van der Waals surface area contributed by atoms with E-state index in [0.717, 1.165) is 15.6 Å². The Morgan fingerprint density at radius 1 is 1.20 bits per heavy atom. The topological polar surface area (TPSA) is 55.2 Å². The van der Waals surface area contributed by atoms with E-state index in [2.05, 4.69) is 37.2 Å². The van der Waals surface area contributed by atoms with Gasteiger partial charge in [-0.1, -0.05) is 44.0 Å². The molecule has 0 aliphatic rings. The molecule has 0 saturated carbocycles. The maximum Gasteiger partial charge on any atom is 0.293 e. The first kappa shape index (κ1) is 15.0. The summed E-state index contributed by atoms with van der Waals surface area (Å²) in [6.45, 7) is 2.55. The Bertz CT molecular complexity index is 660. The highest BCUT2D eigenvalue weighted by Crippen LogP contribution is 2.28. The molecule has 0 aliphatic carbocycles. The number of nitro benzene ring substituents is 1. The Hall–Kier alpha value is -1.40. The van der Waals surface area contributed by atoms with E-state index in [1.165, 1.54) is 6.07 Å². The van der Waals surface area contributed by atoms with Gasteiger partial charge in [-0.25, -0.2) is 0 Å². The van der Waals surface area contributed by atoms with E-state index < -0.39 is 0 Å². The Morgan fingerprint density at radius 2 is 1.95 bits per heavy atom. The molecule has 0 radical (unpaired) electrons. The highest BCUT2D eigenvalue weighted by molar-refractivity contribution is 9.10. The molecular formula is C14H12Br2N2O2. The van der Waals surface area contributed by atoms with Gasteiger partial charge in [0, 0.05) is 21.6 Å². The minimum absolute atomic E-state index is 0.0632. The number of anilines is 1. The molecule has 2 rings (SSSR count). The van der Waals surface area contributed by atoms with Crippen molar-refractivity contribution >= 4 is 43.2 Å². The SMILES string of the molecule is Cc1cc(CNc2ccc(Br)cc2[N+](=O)[O-])ccc1Br. The Morgan fingerprint density at radius 3 is 2.60 bits per heavy atom. The molecule has 6 heteroatoms. The van der Waals surface area contributed by atoms with Crippen molar-refractivity contribution in [2.45, 2.75) is 13.5 Å². The molecule has 0 bridgehead atoms. The molecule has 0 unspecified atom stereocenters. The zero-order chi connectivity index (χ0) is 14.7. The minimum atomic E-state index is -0.389. The predicted molar refractivity (Wildman–Crippen MR) is 87.0 cm³/mol. The lowest BCUT2D eigenvalue weighted by Gasteiger charge is -2.09. The van der Waals surface area contributed by atoms with Gasteiger partial charge >= 0.3 is 0 Å². The lowest BCUT2D eigenvalue weighted by Crippen LogP contribution is -2.03. The molecule has 0 aliphatic heterocycles. The van der Waals surface area contributed by atoms with Crippen LogP contribution < -0.4 is 5.32 Å². The molecule has 0 heterocycles. The predicted octanol–water partition coefficient (Wildman–Crippen LogP) is 5.04. The molecule has 1 N–H and O–H groups in total. The first-order valence-electron chi connectivity index (χ1n) is 5.90. The number of nitro groups is 1. The summed E-state index contributed by atoms with van der Waals surface area (Å²) in [7, 11) is 0. The van der Waals surface area contributed by atoms with Crippen molar-refractivity contribution in [1.82, 2.24) is 0 Å². The number of nitrogens with zero attached hydrogens (tertiary/aromatic N) is 1. The number of aryl methyl sites for hydroxylation is 1. The van der Waals surface area contributed by atoms with Crippen molar-refractivity contribution in [3.05, 3.63) is 66.6 Å². The normalized spacial score (nSPS) is 10.3. The van der Waals surface area contributed by atoms with E-state index in [9.17, 15) is 10.1 Å². The van der Waals surface area contributed by atoms with E-state index in [1.54, 1.807) is 12.1 Å². The van der Waals surface area contributed by atoms with Gasteiger partial charge in [0.15, 0.2) is 0 Å². The van der Waals surface area contributed by atoms with Gasteiger partial charge < -0.3 is 5.32 Å². The zero-order valence-corrected chi connectivity index (χ0v) is 13.9. The van der Waals surface area contributed by atoms with Crippen LogP contribution in [0.4, 0.5) is 11.4 Å². The lowest BCUT2D eigenvalue weighted by molar-refractivity contribution is -0.384. The molecule has 0 fully saturated rings. The summed E-state index contributed by atoms with van der Waals surface area (Å²) in [5.41, 5.74) is 2.78. The van der Waals surface area contributed by atoms with Gasteiger partial charge in [-0.3, -0.25) is 10.1 Å². The molecule has 0 spiro atoms. The summed E-state index contributed by atoms with van der Waals surface area (Å²) in [4.78, 5) is 10.6. The van der Waals surface area contributed by atoms with Gasteiger partial charge in [-0.2, -0.15) is 0 Å². The number of benzene rings is 2. The van der Waals surface area contributed by atoms with Crippen LogP contribution in [0.1, 0.15) is 11.1 Å². The van der Waals surface area contributed by atoms with Crippen LogP contribution in [-0.4, -0.2) is 4.92 Å². The fourth-order valence-corrected chi connectivity index (χ4v) is 2.42. The fourth-order valence-electron chi connectivity index (χ4n) is 1.82. The monoisotopic (exact) mass is 398 g/mol. The average molecular weight is 400 g/mol. The largest absolute Gasteiger partial charge is 0.375 e. The summed E-state index contributed by atoms with van der Waals surface area (Å²) in [5, 5.41) is 14.1. The van der Waals surface area contributed by atoms with Crippen LogP contribution >= 0.6 is 31.9 Å². The first-order chi connectivity index (χ1) is 9.47. The van der Waals surface area contributed by atoms with Crippen molar-refractivity contribution in [2.24, 2.45) is 0 Å². The molecule has 2 aromatic carbocycles. The van der Waals surface area contributed by atoms with Crippen LogP contribution in [0.25, 0.3) is 0 Å². The van der Waals surface area contributed by atoms with E-state index in [1.807, 2.05) is 25.1 Å². The van der Waals surface area contributed by atoms with Crippen LogP contribution in [0.15, 0.2) is 45.3 Å². The maximum atomic E-state index is 11.0. The van der Waals surface area contributed by atoms with E-state index in [-0.39, 0.29) is 10.6 Å². The quantitative estimate of drug-likeness (QED) is 0.578. The highest BCUT2D eigenvalue weighted by atomic mass is 79.9. The van der Waals surface area contributed by atoms with Crippen molar-refractivity contribution in [2.75, 3.05) is 5.32 Å². The van der Waals surface area contributed by atoms with Crippen LogP contribution in [0.2, 0.25) is 0 Å². The second-order valence-corrected chi connectivity index (χ2v) is 6.13. The number of hydrogen-bond donors (Lipinski definition) is 1. The van der Waals surface area contributed by atoms with Gasteiger partial charge in [-0.15, -0.1) is 0 Å². The summed E-state index contributed by atoms with van der Waals surface area (Å²) < 4.78 is 1.74. The molecule has 20 heavy (non-hydrogen) atoms. The number of rotatable bonds is 4. The molecule has 4 nitrogen and oxygen atoms in total. The second-order valence-electron chi connectivity index (χ2n) is 4.36. The van der Waals surface area contributed by atoms with Gasteiger partial charge in [-0.05, 0) is 36.2 Å².